The Balaban J connectivity index is 1.54. The molecule has 6 heteroatoms. The third kappa shape index (κ3) is 4.43. The summed E-state index contributed by atoms with van der Waals surface area (Å²) in [5.74, 6) is -0.818. The molecule has 2 heterocycles. The molecule has 3 aromatic rings. The maximum atomic E-state index is 14.2. The highest BCUT2D eigenvalue weighted by Crippen LogP contribution is 2.31. The number of carbonyl (C=O) groups excluding carboxylic acids is 2. The van der Waals surface area contributed by atoms with Crippen molar-refractivity contribution < 1.29 is 18.4 Å². The van der Waals surface area contributed by atoms with Crippen LogP contribution in [0.5, 0.6) is 0 Å². The topological polar surface area (TPSA) is 62.6 Å². The molecule has 5 nitrogen and oxygen atoms in total. The molecule has 0 radical (unpaired) electrons. The van der Waals surface area contributed by atoms with Crippen LogP contribution in [-0.4, -0.2) is 29.8 Å². The zero-order valence-corrected chi connectivity index (χ0v) is 16.5. The van der Waals surface area contributed by atoms with Crippen molar-refractivity contribution in [2.24, 2.45) is 5.92 Å². The summed E-state index contributed by atoms with van der Waals surface area (Å²) >= 11 is 0. The van der Waals surface area contributed by atoms with Gasteiger partial charge < -0.3 is 14.6 Å². The van der Waals surface area contributed by atoms with Crippen LogP contribution < -0.4 is 5.32 Å². The number of nitrogens with zero attached hydrogens (tertiary/aromatic N) is 1. The van der Waals surface area contributed by atoms with Crippen LogP contribution in [-0.2, 0) is 11.3 Å². The smallest absolute Gasteiger partial charge is 0.256 e. The predicted octanol–water partition coefficient (Wildman–Crippen LogP) is 3.98. The van der Waals surface area contributed by atoms with Gasteiger partial charge in [0.2, 0.25) is 5.91 Å². The number of furan rings is 1. The lowest BCUT2D eigenvalue weighted by molar-refractivity contribution is -0.126. The molecule has 0 spiro atoms. The standard InChI is InChI=1S/C24H23FN2O3/c25-22-11-5-4-10-21(22)24(29)27-15-18(17-7-2-1-3-8-17)13-19(16-27)23(28)26-14-20-9-6-12-30-20/h1-12,18-19H,13-16H2,(H,26,28)/t18-,19+/m1/s1. The van der Waals surface area contributed by atoms with Crippen molar-refractivity contribution in [1.29, 1.82) is 0 Å². The first kappa shape index (κ1) is 19.9. The second-order valence-corrected chi connectivity index (χ2v) is 7.53. The van der Waals surface area contributed by atoms with Crippen molar-refractivity contribution in [2.75, 3.05) is 13.1 Å². The minimum absolute atomic E-state index is 0.00460. The number of piperidine rings is 1. The van der Waals surface area contributed by atoms with Crippen LogP contribution in [0.1, 0.15) is 34.0 Å². The summed E-state index contributed by atoms with van der Waals surface area (Å²) in [6, 6.07) is 19.3. The van der Waals surface area contributed by atoms with Crippen LogP contribution in [0, 0.1) is 11.7 Å². The Morgan fingerprint density at radius 1 is 1.00 bits per heavy atom. The highest BCUT2D eigenvalue weighted by atomic mass is 19.1. The monoisotopic (exact) mass is 406 g/mol. The van der Waals surface area contributed by atoms with Crippen molar-refractivity contribution in [1.82, 2.24) is 10.2 Å². The van der Waals surface area contributed by atoms with Crippen LogP contribution in [0.3, 0.4) is 0 Å². The fourth-order valence-corrected chi connectivity index (χ4v) is 3.96. The van der Waals surface area contributed by atoms with Gasteiger partial charge in [0, 0.05) is 19.0 Å². The van der Waals surface area contributed by atoms with E-state index >= 15 is 0 Å². The third-order valence-electron chi connectivity index (χ3n) is 5.50. The predicted molar refractivity (Wildman–Crippen MR) is 110 cm³/mol. The zero-order valence-electron chi connectivity index (χ0n) is 16.5. The number of carbonyl (C=O) groups is 2. The molecule has 30 heavy (non-hydrogen) atoms. The van der Waals surface area contributed by atoms with Gasteiger partial charge in [-0.1, -0.05) is 42.5 Å². The van der Waals surface area contributed by atoms with E-state index in [1.807, 2.05) is 30.3 Å². The Morgan fingerprint density at radius 2 is 1.77 bits per heavy atom. The first-order valence-corrected chi connectivity index (χ1v) is 10.0. The van der Waals surface area contributed by atoms with Gasteiger partial charge in [-0.15, -0.1) is 0 Å². The number of amides is 2. The van der Waals surface area contributed by atoms with E-state index in [9.17, 15) is 14.0 Å². The second kappa shape index (κ2) is 8.95. The average Bonchev–Trinajstić information content (AvgIpc) is 3.31. The summed E-state index contributed by atoms with van der Waals surface area (Å²) in [6.45, 7) is 0.985. The molecule has 0 unspecified atom stereocenters. The molecule has 4 rings (SSSR count). The zero-order chi connectivity index (χ0) is 20.9. The van der Waals surface area contributed by atoms with E-state index in [1.165, 1.54) is 12.1 Å². The molecule has 2 atom stereocenters. The molecule has 1 aliphatic heterocycles. The Hall–Kier alpha value is -3.41. The van der Waals surface area contributed by atoms with E-state index in [-0.39, 0.29) is 23.9 Å². The third-order valence-corrected chi connectivity index (χ3v) is 5.50. The SMILES string of the molecule is O=C(NCc1ccco1)[C@H]1C[C@@H](c2ccccc2)CN(C(=O)c2ccccc2F)C1. The second-order valence-electron chi connectivity index (χ2n) is 7.53. The van der Waals surface area contributed by atoms with Gasteiger partial charge in [-0.05, 0) is 36.2 Å². The summed E-state index contributed by atoms with van der Waals surface area (Å²) in [6.07, 6.45) is 2.18. The first-order chi connectivity index (χ1) is 14.6. The maximum Gasteiger partial charge on any atom is 0.256 e. The summed E-state index contributed by atoms with van der Waals surface area (Å²) < 4.78 is 19.5. The van der Waals surface area contributed by atoms with Crippen molar-refractivity contribution in [3.63, 3.8) is 0 Å². The van der Waals surface area contributed by atoms with Gasteiger partial charge in [-0.2, -0.15) is 0 Å². The number of rotatable bonds is 5. The number of hydrogen-bond donors (Lipinski definition) is 1. The van der Waals surface area contributed by atoms with Gasteiger partial charge >= 0.3 is 0 Å². The Labute approximate surface area is 174 Å². The van der Waals surface area contributed by atoms with Gasteiger partial charge in [0.05, 0.1) is 24.3 Å². The van der Waals surface area contributed by atoms with Crippen LogP contribution in [0.4, 0.5) is 4.39 Å². The van der Waals surface area contributed by atoms with E-state index in [0.29, 0.717) is 25.3 Å². The highest BCUT2D eigenvalue weighted by molar-refractivity contribution is 5.95. The number of hydrogen-bond acceptors (Lipinski definition) is 3. The van der Waals surface area contributed by atoms with Crippen molar-refractivity contribution >= 4 is 11.8 Å². The van der Waals surface area contributed by atoms with Crippen LogP contribution in [0.2, 0.25) is 0 Å². The Morgan fingerprint density at radius 3 is 2.50 bits per heavy atom. The summed E-state index contributed by atoms with van der Waals surface area (Å²) in [5, 5.41) is 2.89. The lowest BCUT2D eigenvalue weighted by atomic mass is 9.83. The molecule has 1 fully saturated rings. The Kier molecular flexibility index (Phi) is 5.93. The van der Waals surface area contributed by atoms with E-state index in [2.05, 4.69) is 5.32 Å². The Bertz CT molecular complexity index is 1000. The molecule has 1 aliphatic rings. The van der Waals surface area contributed by atoms with Crippen molar-refractivity contribution in [3.8, 4) is 0 Å². The van der Waals surface area contributed by atoms with E-state index in [1.54, 1.807) is 35.4 Å². The van der Waals surface area contributed by atoms with E-state index < -0.39 is 17.6 Å². The summed E-state index contributed by atoms with van der Waals surface area (Å²) in [7, 11) is 0. The quantitative estimate of drug-likeness (QED) is 0.697. The molecule has 1 aromatic heterocycles. The molecule has 0 bridgehead atoms. The molecule has 1 saturated heterocycles. The van der Waals surface area contributed by atoms with E-state index in [4.69, 9.17) is 4.42 Å². The van der Waals surface area contributed by atoms with Crippen LogP contribution >= 0.6 is 0 Å². The molecule has 0 aliphatic carbocycles. The largest absolute Gasteiger partial charge is 0.467 e. The van der Waals surface area contributed by atoms with Gasteiger partial charge in [-0.3, -0.25) is 9.59 Å². The van der Waals surface area contributed by atoms with Crippen molar-refractivity contribution in [2.45, 2.75) is 18.9 Å². The molecular formula is C24H23FN2O3. The first-order valence-electron chi connectivity index (χ1n) is 10.0. The fraction of sp³-hybridized carbons (Fsp3) is 0.250. The lowest BCUT2D eigenvalue weighted by Gasteiger charge is -2.37. The summed E-state index contributed by atoms with van der Waals surface area (Å²) in [4.78, 5) is 27.5. The number of likely N-dealkylation sites (tertiary alicyclic amines) is 1. The van der Waals surface area contributed by atoms with Gasteiger partial charge in [0.25, 0.3) is 5.91 Å². The average molecular weight is 406 g/mol. The lowest BCUT2D eigenvalue weighted by Crippen LogP contribution is -2.48. The molecule has 0 saturated carbocycles. The molecule has 2 amide bonds. The molecule has 1 N–H and O–H groups in total. The van der Waals surface area contributed by atoms with Gasteiger partial charge in [-0.25, -0.2) is 4.39 Å². The maximum absolute atomic E-state index is 14.2. The van der Waals surface area contributed by atoms with Crippen LogP contribution in [0.25, 0.3) is 0 Å². The molecular weight excluding hydrogens is 383 g/mol. The minimum atomic E-state index is -0.553. The number of nitrogens with one attached hydrogen (secondary N) is 1. The molecule has 154 valence electrons. The minimum Gasteiger partial charge on any atom is -0.467 e. The highest BCUT2D eigenvalue weighted by Gasteiger charge is 2.35. The van der Waals surface area contributed by atoms with E-state index in [0.717, 1.165) is 5.56 Å². The van der Waals surface area contributed by atoms with Gasteiger partial charge in [0.15, 0.2) is 0 Å². The van der Waals surface area contributed by atoms with Gasteiger partial charge in [0.1, 0.15) is 11.6 Å². The van der Waals surface area contributed by atoms with Crippen LogP contribution in [0.15, 0.2) is 77.4 Å². The van der Waals surface area contributed by atoms with Crippen molar-refractivity contribution in [3.05, 3.63) is 95.7 Å². The summed E-state index contributed by atoms with van der Waals surface area (Å²) in [5.41, 5.74) is 1.09. The normalized spacial score (nSPS) is 18.8. The number of halogens is 1. The molecule has 2 aromatic carbocycles. The number of benzene rings is 2. The fourth-order valence-electron chi connectivity index (χ4n) is 3.96.